The summed E-state index contributed by atoms with van der Waals surface area (Å²) in [5, 5.41) is 9.83. The Labute approximate surface area is 63.1 Å². The van der Waals surface area contributed by atoms with Crippen molar-refractivity contribution in [2.45, 2.75) is 39.8 Å². The maximum atomic E-state index is 4.00. The van der Waals surface area contributed by atoms with Crippen LogP contribution in [-0.4, -0.2) is 24.1 Å². The molecule has 0 aromatic carbocycles. The van der Waals surface area contributed by atoms with Crippen molar-refractivity contribution in [3.8, 4) is 0 Å². The van der Waals surface area contributed by atoms with Gasteiger partial charge >= 0.3 is 0 Å². The van der Waals surface area contributed by atoms with E-state index in [9.17, 15) is 0 Å². The minimum absolute atomic E-state index is 0.293. The summed E-state index contributed by atoms with van der Waals surface area (Å²) in [6.07, 6.45) is 0. The van der Waals surface area contributed by atoms with Crippen LogP contribution in [0.5, 0.6) is 0 Å². The Bertz CT molecular complexity index is 107. The SMILES string of the molecule is CC(C)N=NN(C)C(C)C. The lowest BCUT2D eigenvalue weighted by Gasteiger charge is -2.15. The fourth-order valence-corrected chi connectivity index (χ4v) is 0.288. The van der Waals surface area contributed by atoms with E-state index < -0.39 is 0 Å². The van der Waals surface area contributed by atoms with Gasteiger partial charge in [0.1, 0.15) is 0 Å². The van der Waals surface area contributed by atoms with Gasteiger partial charge in [-0.15, -0.1) is 0 Å². The van der Waals surface area contributed by atoms with Crippen LogP contribution in [0, 0.1) is 0 Å². The molecular weight excluding hydrogens is 126 g/mol. The topological polar surface area (TPSA) is 28.0 Å². The third kappa shape index (κ3) is 4.30. The largest absolute Gasteiger partial charge is 0.279 e. The summed E-state index contributed by atoms with van der Waals surface area (Å²) in [5.41, 5.74) is 0. The van der Waals surface area contributed by atoms with Crippen LogP contribution in [0.2, 0.25) is 0 Å². The monoisotopic (exact) mass is 143 g/mol. The summed E-state index contributed by atoms with van der Waals surface area (Å²) >= 11 is 0. The van der Waals surface area contributed by atoms with Crippen molar-refractivity contribution in [2.24, 2.45) is 10.3 Å². The highest BCUT2D eigenvalue weighted by atomic mass is 15.5. The quantitative estimate of drug-likeness (QED) is 0.439. The van der Waals surface area contributed by atoms with E-state index in [4.69, 9.17) is 0 Å². The molecule has 0 aliphatic heterocycles. The van der Waals surface area contributed by atoms with Crippen molar-refractivity contribution >= 4 is 0 Å². The lowest BCUT2D eigenvalue weighted by molar-refractivity contribution is 0.262. The van der Waals surface area contributed by atoms with Crippen molar-refractivity contribution < 1.29 is 0 Å². The maximum absolute atomic E-state index is 4.00. The zero-order chi connectivity index (χ0) is 8.15. The zero-order valence-electron chi connectivity index (χ0n) is 7.50. The molecule has 60 valence electrons. The van der Waals surface area contributed by atoms with Crippen LogP contribution in [0.15, 0.2) is 10.3 Å². The number of rotatable bonds is 3. The standard InChI is InChI=1S/C7H17N3/c1-6(2)8-9-10(5)7(3)4/h6-7H,1-5H3. The molecule has 3 heteroatoms. The number of hydrogen-bond donors (Lipinski definition) is 0. The lowest BCUT2D eigenvalue weighted by Crippen LogP contribution is -2.19. The van der Waals surface area contributed by atoms with Gasteiger partial charge in [0, 0.05) is 13.1 Å². The van der Waals surface area contributed by atoms with Gasteiger partial charge in [0.25, 0.3) is 0 Å². The number of nitrogens with zero attached hydrogens (tertiary/aromatic N) is 3. The molecule has 0 amide bonds. The molecule has 0 unspecified atom stereocenters. The highest BCUT2D eigenvalue weighted by Gasteiger charge is 1.97. The molecule has 0 aliphatic carbocycles. The molecule has 10 heavy (non-hydrogen) atoms. The molecule has 0 aliphatic rings. The van der Waals surface area contributed by atoms with Gasteiger partial charge in [-0.1, -0.05) is 5.22 Å². The molecule has 0 spiro atoms. The predicted molar refractivity (Wildman–Crippen MR) is 42.9 cm³/mol. The van der Waals surface area contributed by atoms with E-state index in [1.54, 1.807) is 0 Å². The van der Waals surface area contributed by atoms with Crippen LogP contribution in [0.4, 0.5) is 0 Å². The van der Waals surface area contributed by atoms with Gasteiger partial charge in [-0.05, 0) is 27.7 Å². The van der Waals surface area contributed by atoms with Gasteiger partial charge in [-0.2, -0.15) is 5.11 Å². The molecule has 0 aromatic heterocycles. The van der Waals surface area contributed by atoms with Gasteiger partial charge in [0.05, 0.1) is 6.04 Å². The van der Waals surface area contributed by atoms with E-state index in [0.29, 0.717) is 12.1 Å². The Morgan fingerprint density at radius 2 is 1.60 bits per heavy atom. The average Bonchev–Trinajstić information content (AvgIpc) is 1.82. The molecule has 0 heterocycles. The second-order valence-corrected chi connectivity index (χ2v) is 2.97. The van der Waals surface area contributed by atoms with Gasteiger partial charge in [-0.25, -0.2) is 0 Å². The summed E-state index contributed by atoms with van der Waals surface area (Å²) in [6.45, 7) is 8.19. The van der Waals surface area contributed by atoms with Crippen molar-refractivity contribution in [3.63, 3.8) is 0 Å². The van der Waals surface area contributed by atoms with E-state index in [0.717, 1.165) is 0 Å². The van der Waals surface area contributed by atoms with E-state index in [2.05, 4.69) is 24.2 Å². The third-order valence-corrected chi connectivity index (χ3v) is 1.17. The van der Waals surface area contributed by atoms with Crippen LogP contribution < -0.4 is 0 Å². The molecule has 0 saturated carbocycles. The highest BCUT2D eigenvalue weighted by Crippen LogP contribution is 1.96. The summed E-state index contributed by atoms with van der Waals surface area (Å²) in [5.74, 6) is 0. The van der Waals surface area contributed by atoms with Crippen molar-refractivity contribution in [3.05, 3.63) is 0 Å². The molecule has 0 N–H and O–H groups in total. The van der Waals surface area contributed by atoms with Crippen molar-refractivity contribution in [2.75, 3.05) is 7.05 Å². The molecule has 0 rings (SSSR count). The highest BCUT2D eigenvalue weighted by molar-refractivity contribution is 4.49. The molecule has 0 bridgehead atoms. The summed E-state index contributed by atoms with van der Waals surface area (Å²) in [7, 11) is 1.93. The Balaban J connectivity index is 3.66. The van der Waals surface area contributed by atoms with Gasteiger partial charge in [0.15, 0.2) is 0 Å². The predicted octanol–water partition coefficient (Wildman–Crippen LogP) is 2.10. The Hall–Kier alpha value is -0.600. The lowest BCUT2D eigenvalue weighted by atomic mass is 10.4. The van der Waals surface area contributed by atoms with Gasteiger partial charge in [0.2, 0.25) is 0 Å². The second kappa shape index (κ2) is 4.25. The molecule has 0 saturated heterocycles. The first-order valence-corrected chi connectivity index (χ1v) is 3.67. The van der Waals surface area contributed by atoms with E-state index >= 15 is 0 Å². The van der Waals surface area contributed by atoms with E-state index in [1.807, 2.05) is 25.9 Å². The molecule has 0 aromatic rings. The average molecular weight is 143 g/mol. The van der Waals surface area contributed by atoms with Crippen molar-refractivity contribution in [1.29, 1.82) is 0 Å². The van der Waals surface area contributed by atoms with E-state index in [1.165, 1.54) is 0 Å². The molecule has 0 fully saturated rings. The second-order valence-electron chi connectivity index (χ2n) is 2.97. The van der Waals surface area contributed by atoms with Crippen molar-refractivity contribution in [1.82, 2.24) is 5.01 Å². The van der Waals surface area contributed by atoms with E-state index in [-0.39, 0.29) is 0 Å². The number of hydrogen-bond acceptors (Lipinski definition) is 2. The molecule has 0 radical (unpaired) electrons. The molecule has 3 nitrogen and oxygen atoms in total. The minimum atomic E-state index is 0.293. The van der Waals surface area contributed by atoms with Crippen LogP contribution in [0.3, 0.4) is 0 Å². The summed E-state index contributed by atoms with van der Waals surface area (Å²) in [6, 6.07) is 0.726. The first kappa shape index (κ1) is 9.40. The fourth-order valence-electron chi connectivity index (χ4n) is 0.288. The van der Waals surface area contributed by atoms with Crippen LogP contribution in [-0.2, 0) is 0 Å². The molecule has 0 atom stereocenters. The van der Waals surface area contributed by atoms with Crippen LogP contribution in [0.1, 0.15) is 27.7 Å². The fraction of sp³-hybridized carbons (Fsp3) is 1.00. The first-order valence-electron chi connectivity index (χ1n) is 3.67. The smallest absolute Gasteiger partial charge is 0.0673 e. The maximum Gasteiger partial charge on any atom is 0.0673 e. The Kier molecular flexibility index (Phi) is 4.00. The Morgan fingerprint density at radius 1 is 1.10 bits per heavy atom. The third-order valence-electron chi connectivity index (χ3n) is 1.17. The normalized spacial score (nSPS) is 11.9. The Morgan fingerprint density at radius 3 is 1.90 bits per heavy atom. The first-order chi connectivity index (χ1) is 4.54. The zero-order valence-corrected chi connectivity index (χ0v) is 7.50. The summed E-state index contributed by atoms with van der Waals surface area (Å²) in [4.78, 5) is 0. The van der Waals surface area contributed by atoms with Gasteiger partial charge in [-0.3, -0.25) is 5.01 Å². The minimum Gasteiger partial charge on any atom is -0.279 e. The molecular formula is C7H17N3. The van der Waals surface area contributed by atoms with Gasteiger partial charge < -0.3 is 0 Å². The van der Waals surface area contributed by atoms with Crippen LogP contribution in [0.25, 0.3) is 0 Å². The summed E-state index contributed by atoms with van der Waals surface area (Å²) < 4.78 is 0. The van der Waals surface area contributed by atoms with Crippen LogP contribution >= 0.6 is 0 Å².